The second-order valence-electron chi connectivity index (χ2n) is 8.11. The van der Waals surface area contributed by atoms with Gasteiger partial charge in [0.25, 0.3) is 5.91 Å². The van der Waals surface area contributed by atoms with Crippen LogP contribution in [-0.2, 0) is 31.9 Å². The Kier molecular flexibility index (Phi) is 8.33. The fourth-order valence-electron chi connectivity index (χ4n) is 3.70. The molecule has 1 amide bonds. The van der Waals surface area contributed by atoms with Gasteiger partial charge in [0.1, 0.15) is 5.00 Å². The van der Waals surface area contributed by atoms with E-state index in [4.69, 9.17) is 14.2 Å². The van der Waals surface area contributed by atoms with Crippen molar-refractivity contribution in [2.24, 2.45) is 5.92 Å². The van der Waals surface area contributed by atoms with E-state index in [1.165, 1.54) is 43.6 Å². The molecule has 9 heteroatoms. The van der Waals surface area contributed by atoms with Crippen molar-refractivity contribution in [3.05, 3.63) is 45.8 Å². The van der Waals surface area contributed by atoms with E-state index in [1.54, 1.807) is 19.1 Å². The molecule has 1 heterocycles. The van der Waals surface area contributed by atoms with Gasteiger partial charge in [-0.2, -0.15) is 0 Å². The average molecular weight is 488 g/mol. The van der Waals surface area contributed by atoms with Gasteiger partial charge in [-0.15, -0.1) is 11.3 Å². The lowest BCUT2D eigenvalue weighted by atomic mass is 9.88. The average Bonchev–Trinajstić information content (AvgIpc) is 3.15. The third-order valence-corrected chi connectivity index (χ3v) is 6.68. The van der Waals surface area contributed by atoms with Gasteiger partial charge in [0.05, 0.1) is 19.3 Å². The van der Waals surface area contributed by atoms with Crippen LogP contribution < -0.4 is 10.1 Å². The summed E-state index contributed by atoms with van der Waals surface area (Å²) >= 11 is 1.38. The van der Waals surface area contributed by atoms with Crippen LogP contribution in [0.4, 0.5) is 5.00 Å². The first-order valence-corrected chi connectivity index (χ1v) is 11.9. The number of carbonyl (C=O) groups is 3. The van der Waals surface area contributed by atoms with Gasteiger partial charge in [0, 0.05) is 11.0 Å². The predicted molar refractivity (Wildman–Crippen MR) is 129 cm³/mol. The number of rotatable bonds is 8. The topological polar surface area (TPSA) is 111 Å². The first-order chi connectivity index (χ1) is 16.2. The molecule has 3 rings (SSSR count). The molecule has 0 radical (unpaired) electrons. The highest BCUT2D eigenvalue weighted by molar-refractivity contribution is 7.17. The van der Waals surface area contributed by atoms with Gasteiger partial charge < -0.3 is 24.6 Å². The number of esters is 2. The molecule has 1 aliphatic rings. The number of ether oxygens (including phenoxy) is 3. The lowest BCUT2D eigenvalue weighted by molar-refractivity contribution is -0.148. The Balaban J connectivity index is 1.68. The fraction of sp³-hybridized carbons (Fsp3) is 0.400. The molecule has 0 unspecified atom stereocenters. The Morgan fingerprint density at radius 3 is 2.79 bits per heavy atom. The molecule has 0 aliphatic heterocycles. The Hall–Kier alpha value is -3.33. The van der Waals surface area contributed by atoms with Gasteiger partial charge >= 0.3 is 11.9 Å². The number of amides is 1. The summed E-state index contributed by atoms with van der Waals surface area (Å²) in [5.41, 5.74) is 1.96. The van der Waals surface area contributed by atoms with Gasteiger partial charge in [-0.3, -0.25) is 4.79 Å². The number of anilines is 1. The van der Waals surface area contributed by atoms with E-state index in [1.807, 2.05) is 0 Å². The molecule has 1 aromatic carbocycles. The second kappa shape index (κ2) is 11.2. The van der Waals surface area contributed by atoms with E-state index < -0.39 is 23.9 Å². The summed E-state index contributed by atoms with van der Waals surface area (Å²) in [5, 5.41) is 12.8. The van der Waals surface area contributed by atoms with Crippen molar-refractivity contribution in [2.75, 3.05) is 19.0 Å². The maximum absolute atomic E-state index is 12.8. The number of phenols is 1. The molecule has 2 atom stereocenters. The highest BCUT2D eigenvalue weighted by Crippen LogP contribution is 2.40. The van der Waals surface area contributed by atoms with Gasteiger partial charge in [-0.25, -0.2) is 9.59 Å². The minimum absolute atomic E-state index is 0.0144. The molecular weight excluding hydrogens is 458 g/mol. The number of aromatic hydroxyl groups is 1. The third-order valence-electron chi connectivity index (χ3n) is 5.51. The molecule has 0 spiro atoms. The van der Waals surface area contributed by atoms with Crippen molar-refractivity contribution >= 4 is 40.3 Å². The zero-order valence-corrected chi connectivity index (χ0v) is 20.5. The summed E-state index contributed by atoms with van der Waals surface area (Å²) in [6, 6.07) is 4.61. The van der Waals surface area contributed by atoms with E-state index in [0.29, 0.717) is 22.0 Å². The number of hydrogen-bond donors (Lipinski definition) is 2. The van der Waals surface area contributed by atoms with Crippen LogP contribution in [0, 0.1) is 5.92 Å². The van der Waals surface area contributed by atoms with E-state index in [0.717, 1.165) is 29.7 Å². The summed E-state index contributed by atoms with van der Waals surface area (Å²) in [6.45, 7) is 5.60. The van der Waals surface area contributed by atoms with Crippen molar-refractivity contribution in [1.82, 2.24) is 0 Å². The molecule has 2 N–H and O–H groups in total. The van der Waals surface area contributed by atoms with Crippen molar-refractivity contribution in [2.45, 2.75) is 46.1 Å². The zero-order valence-electron chi connectivity index (χ0n) is 19.7. The zero-order chi connectivity index (χ0) is 24.8. The van der Waals surface area contributed by atoms with E-state index in [-0.39, 0.29) is 18.1 Å². The predicted octanol–water partition coefficient (Wildman–Crippen LogP) is 4.35. The van der Waals surface area contributed by atoms with Gasteiger partial charge in [0.2, 0.25) is 0 Å². The molecule has 0 fully saturated rings. The number of hydrogen-bond acceptors (Lipinski definition) is 8. The molecule has 1 aromatic heterocycles. The van der Waals surface area contributed by atoms with Crippen LogP contribution in [0.15, 0.2) is 24.3 Å². The molecule has 2 aromatic rings. The molecule has 182 valence electrons. The molecule has 1 aliphatic carbocycles. The van der Waals surface area contributed by atoms with E-state index in [2.05, 4.69) is 12.2 Å². The Morgan fingerprint density at radius 2 is 2.09 bits per heavy atom. The SMILES string of the molecule is CCOC(=O)c1c(NC(=O)[C@@H](C)OC(=O)/C=C/c2ccc(O)c(OC)c2)sc2c1CC[C@@H](C)C2. The minimum Gasteiger partial charge on any atom is -0.504 e. The lowest BCUT2D eigenvalue weighted by Gasteiger charge is -2.18. The number of carbonyl (C=O) groups excluding carboxylic acids is 3. The molecule has 34 heavy (non-hydrogen) atoms. The minimum atomic E-state index is -1.08. The van der Waals surface area contributed by atoms with E-state index >= 15 is 0 Å². The Morgan fingerprint density at radius 1 is 1.32 bits per heavy atom. The lowest BCUT2D eigenvalue weighted by Crippen LogP contribution is -2.29. The smallest absolute Gasteiger partial charge is 0.341 e. The number of nitrogens with one attached hydrogen (secondary N) is 1. The number of benzene rings is 1. The van der Waals surface area contributed by atoms with Crippen LogP contribution in [0.2, 0.25) is 0 Å². The van der Waals surface area contributed by atoms with Crippen LogP contribution in [0.1, 0.15) is 53.6 Å². The highest BCUT2D eigenvalue weighted by atomic mass is 32.1. The van der Waals surface area contributed by atoms with Crippen LogP contribution in [0.3, 0.4) is 0 Å². The van der Waals surface area contributed by atoms with Crippen LogP contribution in [0.5, 0.6) is 11.5 Å². The van der Waals surface area contributed by atoms with Gasteiger partial charge in [0.15, 0.2) is 17.6 Å². The largest absolute Gasteiger partial charge is 0.504 e. The van der Waals surface area contributed by atoms with Crippen molar-refractivity contribution in [3.8, 4) is 11.5 Å². The Labute approximate surface area is 202 Å². The maximum Gasteiger partial charge on any atom is 0.341 e. The van der Waals surface area contributed by atoms with Crippen LogP contribution in [0.25, 0.3) is 6.08 Å². The molecule has 0 saturated heterocycles. The quantitative estimate of drug-likeness (QED) is 0.421. The number of phenolic OH excluding ortho intramolecular Hbond substituents is 1. The first kappa shape index (κ1) is 25.3. The van der Waals surface area contributed by atoms with E-state index in [9.17, 15) is 19.5 Å². The van der Waals surface area contributed by atoms with Crippen molar-refractivity contribution in [3.63, 3.8) is 0 Å². The fourth-order valence-corrected chi connectivity index (χ4v) is 5.10. The van der Waals surface area contributed by atoms with Gasteiger partial charge in [-0.05, 0) is 68.4 Å². The third kappa shape index (κ3) is 5.96. The highest BCUT2D eigenvalue weighted by Gasteiger charge is 2.30. The summed E-state index contributed by atoms with van der Waals surface area (Å²) in [4.78, 5) is 38.7. The van der Waals surface area contributed by atoms with Crippen molar-refractivity contribution < 1.29 is 33.7 Å². The van der Waals surface area contributed by atoms with Crippen LogP contribution >= 0.6 is 11.3 Å². The van der Waals surface area contributed by atoms with Gasteiger partial charge in [-0.1, -0.05) is 13.0 Å². The molecule has 0 bridgehead atoms. The summed E-state index contributed by atoms with van der Waals surface area (Å²) in [7, 11) is 1.43. The second-order valence-corrected chi connectivity index (χ2v) is 9.21. The Bertz CT molecular complexity index is 1100. The monoisotopic (exact) mass is 487 g/mol. The summed E-state index contributed by atoms with van der Waals surface area (Å²) in [5.74, 6) is -0.940. The number of methoxy groups -OCH3 is 1. The number of thiophene rings is 1. The summed E-state index contributed by atoms with van der Waals surface area (Å²) in [6.07, 6.45) is 4.16. The normalized spacial score (nSPS) is 15.9. The van der Waals surface area contributed by atoms with Crippen molar-refractivity contribution in [1.29, 1.82) is 0 Å². The standard InChI is InChI=1S/C25H29NO7S/c1-5-32-25(30)22-17-9-6-14(2)12-20(17)34-24(22)26-23(29)15(3)33-21(28)11-8-16-7-10-18(27)19(13-16)31-4/h7-8,10-11,13-15,27H,5-6,9,12H2,1-4H3,(H,26,29)/b11-8+/t14-,15-/m1/s1. The summed E-state index contributed by atoms with van der Waals surface area (Å²) < 4.78 is 15.5. The van der Waals surface area contributed by atoms with Crippen LogP contribution in [-0.4, -0.2) is 42.8 Å². The molecule has 0 saturated carbocycles. The number of fused-ring (bicyclic) bond motifs is 1. The first-order valence-electron chi connectivity index (χ1n) is 11.1. The molecular formula is C25H29NO7S. The molecule has 8 nitrogen and oxygen atoms in total. The maximum atomic E-state index is 12.8.